The van der Waals surface area contributed by atoms with Crippen molar-refractivity contribution in [3.63, 3.8) is 0 Å². The minimum atomic E-state index is -0.377. The van der Waals surface area contributed by atoms with E-state index in [1.54, 1.807) is 11.3 Å². The molecule has 0 aromatic heterocycles. The van der Waals surface area contributed by atoms with Crippen molar-refractivity contribution >= 4 is 18.5 Å². The Morgan fingerprint density at radius 1 is 0.710 bits per heavy atom. The van der Waals surface area contributed by atoms with Gasteiger partial charge in [-0.3, -0.25) is 0 Å². The molecule has 1 aliphatic heterocycles. The topological polar surface area (TPSA) is 3.24 Å². The minimum Gasteiger partial charge on any atom is -0.364 e. The van der Waals surface area contributed by atoms with Gasteiger partial charge in [-0.25, -0.2) is 0 Å². The van der Waals surface area contributed by atoms with E-state index in [9.17, 15) is 0 Å². The van der Waals surface area contributed by atoms with Crippen molar-refractivity contribution in [3.8, 4) is 0 Å². The van der Waals surface area contributed by atoms with E-state index in [1.807, 2.05) is 0 Å². The van der Waals surface area contributed by atoms with Gasteiger partial charge < -0.3 is 4.90 Å². The van der Waals surface area contributed by atoms with Crippen LogP contribution in [0, 0.1) is 0 Å². The molecule has 2 heteroatoms. The van der Waals surface area contributed by atoms with Crippen molar-refractivity contribution in [2.24, 2.45) is 0 Å². The molecule has 2 aliphatic rings. The minimum absolute atomic E-state index is 0.349. The van der Waals surface area contributed by atoms with Gasteiger partial charge in [-0.1, -0.05) is 103 Å². The molecule has 1 unspecified atom stereocenters. The second-order valence-electron chi connectivity index (χ2n) is 8.41. The summed E-state index contributed by atoms with van der Waals surface area (Å²) in [5.41, 5.74) is 4.57. The second-order valence-corrected chi connectivity index (χ2v) is 10.7. The molecule has 3 aromatic carbocycles. The van der Waals surface area contributed by atoms with E-state index in [0.717, 1.165) is 6.54 Å². The van der Waals surface area contributed by atoms with Crippen LogP contribution in [0.15, 0.2) is 114 Å². The Kier molecular flexibility index (Phi) is 6.33. The maximum absolute atomic E-state index is 2.73. The lowest BCUT2D eigenvalue weighted by Gasteiger charge is -2.40. The predicted octanol–water partition coefficient (Wildman–Crippen LogP) is 6.56. The fraction of sp³-hybridized carbons (Fsp3) is 0.241. The molecule has 0 saturated carbocycles. The molecular formula is C29H30NP. The Labute approximate surface area is 187 Å². The van der Waals surface area contributed by atoms with E-state index in [2.05, 4.69) is 108 Å². The molecule has 5 rings (SSSR count). The normalized spacial score (nSPS) is 18.4. The van der Waals surface area contributed by atoms with E-state index in [4.69, 9.17) is 0 Å². The van der Waals surface area contributed by atoms with Crippen molar-refractivity contribution in [1.29, 1.82) is 0 Å². The van der Waals surface area contributed by atoms with Crippen LogP contribution in [0.1, 0.15) is 37.3 Å². The Bertz CT molecular complexity index is 1000. The van der Waals surface area contributed by atoms with Crippen LogP contribution in [0.4, 0.5) is 0 Å². The van der Waals surface area contributed by atoms with Gasteiger partial charge in [0.05, 0.1) is 6.04 Å². The average Bonchev–Trinajstić information content (AvgIpc) is 2.86. The van der Waals surface area contributed by atoms with Crippen LogP contribution >= 0.6 is 7.92 Å². The molecule has 0 fully saturated rings. The van der Waals surface area contributed by atoms with Crippen LogP contribution < -0.4 is 10.6 Å². The smallest absolute Gasteiger partial charge is 0.0727 e. The molecule has 1 atom stereocenters. The van der Waals surface area contributed by atoms with Gasteiger partial charge >= 0.3 is 0 Å². The molecule has 0 bridgehead atoms. The number of hydrogen-bond acceptors (Lipinski definition) is 1. The maximum atomic E-state index is 2.73. The molecule has 1 aliphatic carbocycles. The molecule has 156 valence electrons. The zero-order chi connectivity index (χ0) is 20.9. The Morgan fingerprint density at radius 2 is 1.29 bits per heavy atom. The summed E-state index contributed by atoms with van der Waals surface area (Å²) in [6, 6.07) is 33.6. The standard InChI is InChI=1S/C29H30NP/c1-4-12-24(13-5-1)29-21-20-25-14-10-11-19-28(25)30(29)22-23-31(26-15-6-2-7-16-26)27-17-8-3-9-18-27/h1-9,12-13,15-18,20-21,29H,10-11,14,19,22-23H2. The fourth-order valence-corrected chi connectivity index (χ4v) is 7.24. The third-order valence-corrected chi connectivity index (χ3v) is 8.97. The number of rotatable bonds is 6. The summed E-state index contributed by atoms with van der Waals surface area (Å²) >= 11 is 0. The molecule has 0 radical (unpaired) electrons. The first-order chi connectivity index (χ1) is 15.4. The zero-order valence-electron chi connectivity index (χ0n) is 18.0. The third-order valence-electron chi connectivity index (χ3n) is 6.48. The predicted molar refractivity (Wildman–Crippen MR) is 134 cm³/mol. The van der Waals surface area contributed by atoms with E-state index < -0.39 is 0 Å². The Morgan fingerprint density at radius 3 is 1.94 bits per heavy atom. The van der Waals surface area contributed by atoms with Gasteiger partial charge in [0.2, 0.25) is 0 Å². The summed E-state index contributed by atoms with van der Waals surface area (Å²) < 4.78 is 0. The molecule has 0 saturated heterocycles. The Balaban J connectivity index is 1.46. The molecule has 3 aromatic rings. The summed E-state index contributed by atoms with van der Waals surface area (Å²) in [5.74, 6) is 0. The highest BCUT2D eigenvalue weighted by Crippen LogP contribution is 2.41. The van der Waals surface area contributed by atoms with Crippen molar-refractivity contribution in [2.45, 2.75) is 31.7 Å². The van der Waals surface area contributed by atoms with Crippen LogP contribution in [-0.2, 0) is 0 Å². The summed E-state index contributed by atoms with van der Waals surface area (Å²) in [6.45, 7) is 1.10. The molecule has 1 nitrogen and oxygen atoms in total. The first kappa shape index (κ1) is 20.3. The Hall–Kier alpha value is -2.63. The van der Waals surface area contributed by atoms with Gasteiger partial charge in [-0.2, -0.15) is 0 Å². The van der Waals surface area contributed by atoms with E-state index in [-0.39, 0.29) is 7.92 Å². The van der Waals surface area contributed by atoms with Gasteiger partial charge in [-0.05, 0) is 61.5 Å². The van der Waals surface area contributed by atoms with Crippen LogP contribution in [0.3, 0.4) is 0 Å². The monoisotopic (exact) mass is 423 g/mol. The summed E-state index contributed by atoms with van der Waals surface area (Å²) in [5, 5.41) is 2.95. The average molecular weight is 424 g/mol. The SMILES string of the molecule is C1=CC(c2ccccc2)N(CCP(c2ccccc2)c2ccccc2)C2=C1CCCC2. The molecule has 0 spiro atoms. The number of nitrogens with zero attached hydrogens (tertiary/aromatic N) is 1. The lowest BCUT2D eigenvalue weighted by Crippen LogP contribution is -2.34. The van der Waals surface area contributed by atoms with Crippen molar-refractivity contribution in [1.82, 2.24) is 4.90 Å². The maximum Gasteiger partial charge on any atom is 0.0727 e. The quantitative estimate of drug-likeness (QED) is 0.406. The zero-order valence-corrected chi connectivity index (χ0v) is 18.9. The summed E-state index contributed by atoms with van der Waals surface area (Å²) in [7, 11) is -0.377. The fourth-order valence-electron chi connectivity index (χ4n) is 4.95. The largest absolute Gasteiger partial charge is 0.364 e. The van der Waals surface area contributed by atoms with Crippen LogP contribution in [0.2, 0.25) is 0 Å². The molecule has 31 heavy (non-hydrogen) atoms. The highest BCUT2D eigenvalue weighted by molar-refractivity contribution is 7.73. The van der Waals surface area contributed by atoms with Crippen LogP contribution in [0.5, 0.6) is 0 Å². The number of hydrogen-bond donors (Lipinski definition) is 0. The van der Waals surface area contributed by atoms with E-state index in [1.165, 1.54) is 48.0 Å². The summed E-state index contributed by atoms with van der Waals surface area (Å²) in [6.07, 6.45) is 11.1. The van der Waals surface area contributed by atoms with Crippen LogP contribution in [-0.4, -0.2) is 17.6 Å². The number of benzene rings is 3. The van der Waals surface area contributed by atoms with Gasteiger partial charge in [0.1, 0.15) is 0 Å². The second kappa shape index (κ2) is 9.67. The molecule has 0 N–H and O–H groups in total. The van der Waals surface area contributed by atoms with Crippen molar-refractivity contribution in [2.75, 3.05) is 12.7 Å². The lowest BCUT2D eigenvalue weighted by atomic mass is 9.89. The first-order valence-corrected chi connectivity index (χ1v) is 13.0. The highest BCUT2D eigenvalue weighted by atomic mass is 31.1. The van der Waals surface area contributed by atoms with E-state index >= 15 is 0 Å². The first-order valence-electron chi connectivity index (χ1n) is 11.5. The molecule has 1 heterocycles. The highest BCUT2D eigenvalue weighted by Gasteiger charge is 2.28. The number of allylic oxidation sites excluding steroid dienone is 3. The van der Waals surface area contributed by atoms with Crippen LogP contribution in [0.25, 0.3) is 0 Å². The van der Waals surface area contributed by atoms with Gasteiger partial charge in [-0.15, -0.1) is 0 Å². The van der Waals surface area contributed by atoms with E-state index in [0.29, 0.717) is 6.04 Å². The van der Waals surface area contributed by atoms with Gasteiger partial charge in [0.15, 0.2) is 0 Å². The summed E-state index contributed by atoms with van der Waals surface area (Å²) in [4.78, 5) is 2.73. The van der Waals surface area contributed by atoms with Crippen molar-refractivity contribution < 1.29 is 0 Å². The molecule has 0 amide bonds. The van der Waals surface area contributed by atoms with Crippen molar-refractivity contribution in [3.05, 3.63) is 120 Å². The third kappa shape index (κ3) is 4.53. The van der Waals surface area contributed by atoms with Gasteiger partial charge in [0, 0.05) is 12.2 Å². The molecular weight excluding hydrogens is 393 g/mol. The lowest BCUT2D eigenvalue weighted by molar-refractivity contribution is 0.284. The van der Waals surface area contributed by atoms with Gasteiger partial charge in [0.25, 0.3) is 0 Å².